The van der Waals surface area contributed by atoms with Gasteiger partial charge in [0.1, 0.15) is 22.0 Å². The normalized spacial score (nSPS) is 19.6. The molecule has 35 heavy (non-hydrogen) atoms. The maximum atomic E-state index is 5.58. The summed E-state index contributed by atoms with van der Waals surface area (Å²) in [6.07, 6.45) is 9.65. The van der Waals surface area contributed by atoms with Gasteiger partial charge in [-0.15, -0.1) is 0 Å². The van der Waals surface area contributed by atoms with Gasteiger partial charge >= 0.3 is 0 Å². The molecule has 5 heterocycles. The maximum Gasteiger partial charge on any atom is 0.197 e. The zero-order chi connectivity index (χ0) is 24.1. The van der Waals surface area contributed by atoms with Crippen molar-refractivity contribution in [2.75, 3.05) is 31.6 Å². The first-order valence-corrected chi connectivity index (χ1v) is 13.3. The van der Waals surface area contributed by atoms with Crippen LogP contribution >= 0.6 is 11.3 Å². The minimum atomic E-state index is 0.258. The quantitative estimate of drug-likeness (QED) is 0.426. The molecule has 10 heteroatoms. The van der Waals surface area contributed by atoms with Crippen molar-refractivity contribution >= 4 is 22.0 Å². The van der Waals surface area contributed by atoms with Gasteiger partial charge < -0.3 is 9.64 Å². The molecule has 2 fully saturated rings. The Morgan fingerprint density at radius 2 is 2.06 bits per heavy atom. The Balaban J connectivity index is 1.31. The molecular formula is C25H32N8OS. The van der Waals surface area contributed by atoms with Crippen LogP contribution in [0.1, 0.15) is 51.5 Å². The summed E-state index contributed by atoms with van der Waals surface area (Å²) in [5.74, 6) is 0.936. The second-order valence-electron chi connectivity index (χ2n) is 9.97. The molecule has 1 aliphatic carbocycles. The zero-order valence-electron chi connectivity index (χ0n) is 20.7. The summed E-state index contributed by atoms with van der Waals surface area (Å²) in [6, 6.07) is 3.28. The molecule has 0 amide bonds. The Labute approximate surface area is 209 Å². The van der Waals surface area contributed by atoms with Crippen LogP contribution in [-0.2, 0) is 0 Å². The van der Waals surface area contributed by atoms with Crippen LogP contribution in [0.3, 0.4) is 0 Å². The molecule has 1 atom stereocenters. The number of fused-ring (bicyclic) bond motifs is 1. The third-order valence-electron chi connectivity index (χ3n) is 7.46. The van der Waals surface area contributed by atoms with Crippen molar-refractivity contribution in [2.24, 2.45) is 0 Å². The number of H-pyrrole nitrogens is 1. The van der Waals surface area contributed by atoms with E-state index < -0.39 is 0 Å². The Bertz CT molecular complexity index is 1340. The minimum absolute atomic E-state index is 0.258. The van der Waals surface area contributed by atoms with E-state index in [1.165, 1.54) is 30.6 Å². The first-order valence-electron chi connectivity index (χ1n) is 12.5. The summed E-state index contributed by atoms with van der Waals surface area (Å²) in [7, 11) is 1.65. The molecule has 0 spiro atoms. The second-order valence-corrected chi connectivity index (χ2v) is 11.0. The first kappa shape index (κ1) is 22.5. The van der Waals surface area contributed by atoms with Crippen molar-refractivity contribution in [1.82, 2.24) is 34.7 Å². The Hall–Kier alpha value is -2.98. The van der Waals surface area contributed by atoms with Gasteiger partial charge in [0.25, 0.3) is 0 Å². The van der Waals surface area contributed by atoms with Gasteiger partial charge in [0.2, 0.25) is 0 Å². The summed E-state index contributed by atoms with van der Waals surface area (Å²) in [4.78, 5) is 14.3. The lowest BCUT2D eigenvalue weighted by Crippen LogP contribution is -2.56. The number of ether oxygens (including phenoxy) is 1. The van der Waals surface area contributed by atoms with Crippen LogP contribution in [0, 0.1) is 0 Å². The molecule has 1 saturated carbocycles. The monoisotopic (exact) mass is 492 g/mol. The standard InChI is InChI=1S/C25H32N8OS/c1-15(2)21-22(17-10-19(34-4)24-27-14-28-33(24)13-17)29-30-23(21)25-26-11-20(35-25)32-9-8-31(12-16(32)3)18-6-5-7-18/h10-11,13-16,18H,5-9,12H2,1-4H3,(H,29,30)/t16-/m1/s1. The minimum Gasteiger partial charge on any atom is -0.493 e. The van der Waals surface area contributed by atoms with Crippen LogP contribution in [0.15, 0.2) is 24.8 Å². The number of anilines is 1. The summed E-state index contributed by atoms with van der Waals surface area (Å²) < 4.78 is 7.32. The highest BCUT2D eigenvalue weighted by Crippen LogP contribution is 2.40. The number of nitrogens with zero attached hydrogens (tertiary/aromatic N) is 7. The number of methoxy groups -OCH3 is 1. The van der Waals surface area contributed by atoms with Crippen molar-refractivity contribution in [3.8, 4) is 27.7 Å². The van der Waals surface area contributed by atoms with Gasteiger partial charge in [0.15, 0.2) is 11.4 Å². The lowest BCUT2D eigenvalue weighted by atomic mass is 9.90. The van der Waals surface area contributed by atoms with Crippen LogP contribution in [0.25, 0.3) is 27.6 Å². The highest BCUT2D eigenvalue weighted by Gasteiger charge is 2.32. The topological polar surface area (TPSA) is 87.5 Å². The van der Waals surface area contributed by atoms with Crippen LogP contribution < -0.4 is 9.64 Å². The number of aromatic amines is 1. The third-order valence-corrected chi connectivity index (χ3v) is 8.50. The van der Waals surface area contributed by atoms with Gasteiger partial charge in [-0.1, -0.05) is 31.6 Å². The predicted octanol–water partition coefficient (Wildman–Crippen LogP) is 4.44. The fourth-order valence-electron chi connectivity index (χ4n) is 5.38. The molecule has 184 valence electrons. The van der Waals surface area contributed by atoms with E-state index in [-0.39, 0.29) is 5.92 Å². The van der Waals surface area contributed by atoms with Crippen molar-refractivity contribution in [3.63, 3.8) is 0 Å². The van der Waals surface area contributed by atoms with E-state index in [9.17, 15) is 0 Å². The molecule has 1 saturated heterocycles. The van der Waals surface area contributed by atoms with Crippen LogP contribution in [0.5, 0.6) is 5.75 Å². The third kappa shape index (κ3) is 3.88. The number of aromatic nitrogens is 6. The second kappa shape index (κ2) is 8.91. The van der Waals surface area contributed by atoms with Crippen molar-refractivity contribution < 1.29 is 4.74 Å². The summed E-state index contributed by atoms with van der Waals surface area (Å²) >= 11 is 1.74. The van der Waals surface area contributed by atoms with E-state index in [2.05, 4.69) is 45.8 Å². The van der Waals surface area contributed by atoms with Gasteiger partial charge in [0, 0.05) is 49.0 Å². The molecule has 1 aliphatic heterocycles. The fraction of sp³-hybridized carbons (Fsp3) is 0.520. The van der Waals surface area contributed by atoms with E-state index in [0.717, 1.165) is 53.2 Å². The predicted molar refractivity (Wildman–Crippen MR) is 138 cm³/mol. The van der Waals surface area contributed by atoms with Gasteiger partial charge in [-0.3, -0.25) is 10.00 Å². The molecule has 0 aromatic carbocycles. The first-order chi connectivity index (χ1) is 17.0. The Kier molecular flexibility index (Phi) is 5.72. The number of thiazole rings is 1. The SMILES string of the molecule is COc1cc(-c2[nH]nc(-c3ncc(N4CCN(C5CCC5)C[C@H]4C)s3)c2C(C)C)cn2ncnc12. The van der Waals surface area contributed by atoms with Crippen molar-refractivity contribution in [3.05, 3.63) is 30.4 Å². The van der Waals surface area contributed by atoms with Gasteiger partial charge in [-0.25, -0.2) is 14.5 Å². The van der Waals surface area contributed by atoms with Crippen LogP contribution in [0.2, 0.25) is 0 Å². The number of hydrogen-bond acceptors (Lipinski definition) is 8. The van der Waals surface area contributed by atoms with Crippen LogP contribution in [0.4, 0.5) is 5.00 Å². The zero-order valence-corrected chi connectivity index (χ0v) is 21.5. The van der Waals surface area contributed by atoms with Crippen LogP contribution in [-0.4, -0.2) is 73.5 Å². The fourth-order valence-corrected chi connectivity index (χ4v) is 6.43. The Morgan fingerprint density at radius 1 is 1.20 bits per heavy atom. The number of hydrogen-bond donors (Lipinski definition) is 1. The van der Waals surface area contributed by atoms with Gasteiger partial charge in [0.05, 0.1) is 19.0 Å². The summed E-state index contributed by atoms with van der Waals surface area (Å²) in [5.41, 5.74) is 4.68. The maximum absolute atomic E-state index is 5.58. The summed E-state index contributed by atoms with van der Waals surface area (Å²) in [5, 5.41) is 14.5. The van der Waals surface area contributed by atoms with Gasteiger partial charge in [-0.2, -0.15) is 10.2 Å². The largest absolute Gasteiger partial charge is 0.493 e. The number of nitrogens with one attached hydrogen (secondary N) is 1. The molecular weight excluding hydrogens is 460 g/mol. The number of pyridine rings is 1. The molecule has 9 nitrogen and oxygen atoms in total. The molecule has 0 bridgehead atoms. The Morgan fingerprint density at radius 3 is 2.77 bits per heavy atom. The lowest BCUT2D eigenvalue weighted by molar-refractivity contribution is 0.106. The molecule has 6 rings (SSSR count). The van der Waals surface area contributed by atoms with Crippen molar-refractivity contribution in [1.29, 1.82) is 0 Å². The highest BCUT2D eigenvalue weighted by molar-refractivity contribution is 7.18. The van der Waals surface area contributed by atoms with Crippen molar-refractivity contribution in [2.45, 2.75) is 58.0 Å². The number of rotatable bonds is 6. The molecule has 0 unspecified atom stereocenters. The van der Waals surface area contributed by atoms with Gasteiger partial charge in [-0.05, 0) is 31.7 Å². The smallest absolute Gasteiger partial charge is 0.197 e. The van der Waals surface area contributed by atoms with E-state index >= 15 is 0 Å². The molecule has 4 aromatic heterocycles. The lowest BCUT2D eigenvalue weighted by Gasteiger charge is -2.46. The molecule has 4 aromatic rings. The van der Waals surface area contributed by atoms with E-state index in [1.807, 2.05) is 18.5 Å². The van der Waals surface area contributed by atoms with E-state index in [0.29, 0.717) is 17.4 Å². The van der Waals surface area contributed by atoms with E-state index in [4.69, 9.17) is 14.8 Å². The molecule has 0 radical (unpaired) electrons. The number of piperazine rings is 1. The average molecular weight is 493 g/mol. The average Bonchev–Trinajstić information content (AvgIpc) is 3.55. The van der Waals surface area contributed by atoms with E-state index in [1.54, 1.807) is 23.0 Å². The molecule has 1 N–H and O–H groups in total. The highest BCUT2D eigenvalue weighted by atomic mass is 32.1. The summed E-state index contributed by atoms with van der Waals surface area (Å²) in [6.45, 7) is 10.1. The molecule has 2 aliphatic rings.